The summed E-state index contributed by atoms with van der Waals surface area (Å²) in [6.45, 7) is 1.62. The molecule has 0 amide bonds. The molecule has 0 bridgehead atoms. The standard InChI is InChI=1S/CH4Cl3P/c1-5(2,3)4/h5H,1H3. The van der Waals surface area contributed by atoms with E-state index in [0.717, 1.165) is 0 Å². The fourth-order valence-corrected chi connectivity index (χ4v) is 0. The zero-order valence-electron chi connectivity index (χ0n) is 2.63. The molecule has 0 fully saturated rings. The van der Waals surface area contributed by atoms with Crippen molar-refractivity contribution in [2.75, 3.05) is 6.66 Å². The first-order chi connectivity index (χ1) is 2.00. The first-order valence-corrected chi connectivity index (χ1v) is 6.60. The van der Waals surface area contributed by atoms with Gasteiger partial charge in [-0.1, -0.05) is 0 Å². The van der Waals surface area contributed by atoms with Crippen molar-refractivity contribution in [3.05, 3.63) is 0 Å². The summed E-state index contributed by atoms with van der Waals surface area (Å²) in [4.78, 5) is 0. The minimum atomic E-state index is -2.19. The summed E-state index contributed by atoms with van der Waals surface area (Å²) in [5, 5.41) is -2.19. The summed E-state index contributed by atoms with van der Waals surface area (Å²) >= 11 is 15.6. The molecule has 0 unspecified atom stereocenters. The molecule has 0 spiro atoms. The molecule has 0 aliphatic rings. The Hall–Kier alpha value is 1.30. The van der Waals surface area contributed by atoms with Gasteiger partial charge in [0.15, 0.2) is 0 Å². The van der Waals surface area contributed by atoms with Crippen LogP contribution in [0.2, 0.25) is 0 Å². The van der Waals surface area contributed by atoms with Crippen LogP contribution >= 0.6 is 39.0 Å². The van der Waals surface area contributed by atoms with Crippen LogP contribution in [0, 0.1) is 0 Å². The van der Waals surface area contributed by atoms with Crippen molar-refractivity contribution in [2.45, 2.75) is 0 Å². The van der Waals surface area contributed by atoms with Crippen molar-refractivity contribution < 1.29 is 0 Å². The zero-order chi connectivity index (χ0) is 4.50. The third-order valence-electron chi connectivity index (χ3n) is 0. The molecular formula is CH4Cl3P. The topological polar surface area (TPSA) is 0 Å². The van der Waals surface area contributed by atoms with E-state index in [2.05, 4.69) is 0 Å². The molecule has 0 aliphatic carbocycles. The van der Waals surface area contributed by atoms with Gasteiger partial charge in [-0.05, 0) is 0 Å². The maximum absolute atomic E-state index is 5.20. The van der Waals surface area contributed by atoms with E-state index in [9.17, 15) is 0 Å². The van der Waals surface area contributed by atoms with Gasteiger partial charge in [0, 0.05) is 0 Å². The second kappa shape index (κ2) is 1.84. The average molecular weight is 153 g/mol. The van der Waals surface area contributed by atoms with E-state index in [1.807, 2.05) is 0 Å². The summed E-state index contributed by atoms with van der Waals surface area (Å²) < 4.78 is 0. The average Bonchev–Trinajstić information content (AvgIpc) is 0.722. The van der Waals surface area contributed by atoms with E-state index in [4.69, 9.17) is 33.7 Å². The van der Waals surface area contributed by atoms with Crippen LogP contribution in [0.25, 0.3) is 0 Å². The molecule has 34 valence electrons. The molecule has 0 heterocycles. The van der Waals surface area contributed by atoms with Crippen molar-refractivity contribution in [3.8, 4) is 0 Å². The van der Waals surface area contributed by atoms with Gasteiger partial charge >= 0.3 is 45.7 Å². The van der Waals surface area contributed by atoms with E-state index in [0.29, 0.717) is 0 Å². The first kappa shape index (κ1) is 6.30. The van der Waals surface area contributed by atoms with E-state index in [1.165, 1.54) is 0 Å². The van der Waals surface area contributed by atoms with Crippen molar-refractivity contribution in [1.29, 1.82) is 0 Å². The van der Waals surface area contributed by atoms with Crippen LogP contribution < -0.4 is 0 Å². The van der Waals surface area contributed by atoms with Crippen molar-refractivity contribution >= 4 is 39.0 Å². The van der Waals surface area contributed by atoms with Crippen LogP contribution in [0.5, 0.6) is 0 Å². The number of hydrogen-bond donors (Lipinski definition) is 0. The van der Waals surface area contributed by atoms with Gasteiger partial charge in [-0.3, -0.25) is 0 Å². The van der Waals surface area contributed by atoms with E-state index in [-0.39, 0.29) is 0 Å². The van der Waals surface area contributed by atoms with Crippen molar-refractivity contribution in [3.63, 3.8) is 0 Å². The maximum atomic E-state index is 5.20. The fraction of sp³-hybridized carbons (Fsp3) is 1.00. The predicted molar refractivity (Wildman–Crippen MR) is 31.8 cm³/mol. The Balaban J connectivity index is 3.02. The Morgan fingerprint density at radius 1 is 1.20 bits per heavy atom. The van der Waals surface area contributed by atoms with Crippen LogP contribution in [-0.4, -0.2) is 6.66 Å². The van der Waals surface area contributed by atoms with E-state index >= 15 is 0 Å². The molecular weight excluding hydrogens is 149 g/mol. The van der Waals surface area contributed by atoms with Crippen LogP contribution in [0.15, 0.2) is 0 Å². The van der Waals surface area contributed by atoms with Gasteiger partial charge in [0.1, 0.15) is 0 Å². The first-order valence-electron chi connectivity index (χ1n) is 1.07. The Morgan fingerprint density at radius 2 is 1.20 bits per heavy atom. The summed E-state index contributed by atoms with van der Waals surface area (Å²) in [6, 6.07) is 0. The monoisotopic (exact) mass is 152 g/mol. The third-order valence-corrected chi connectivity index (χ3v) is 0. The van der Waals surface area contributed by atoms with Crippen molar-refractivity contribution in [2.24, 2.45) is 0 Å². The molecule has 0 rings (SSSR count). The summed E-state index contributed by atoms with van der Waals surface area (Å²) in [5.41, 5.74) is 0. The molecule has 0 aromatic rings. The van der Waals surface area contributed by atoms with E-state index < -0.39 is 5.32 Å². The van der Waals surface area contributed by atoms with Gasteiger partial charge < -0.3 is 0 Å². The van der Waals surface area contributed by atoms with Gasteiger partial charge in [0.2, 0.25) is 0 Å². The Labute approximate surface area is 46.1 Å². The molecule has 5 heavy (non-hydrogen) atoms. The number of rotatable bonds is 0. The molecule has 0 aromatic heterocycles. The summed E-state index contributed by atoms with van der Waals surface area (Å²) in [5.74, 6) is 0. The van der Waals surface area contributed by atoms with Crippen LogP contribution in [0.1, 0.15) is 0 Å². The predicted octanol–water partition coefficient (Wildman–Crippen LogP) is 2.83. The van der Waals surface area contributed by atoms with Crippen LogP contribution in [0.4, 0.5) is 0 Å². The molecule has 0 atom stereocenters. The Kier molecular flexibility index (Phi) is 2.32. The Morgan fingerprint density at radius 3 is 1.20 bits per heavy atom. The number of hydrogen-bond acceptors (Lipinski definition) is 0. The SMILES string of the molecule is C[PH](Cl)(Cl)Cl. The molecule has 0 N–H and O–H groups in total. The normalized spacial score (nSPS) is 15.2. The second-order valence-corrected chi connectivity index (χ2v) is 10.9. The van der Waals surface area contributed by atoms with Crippen LogP contribution in [0.3, 0.4) is 0 Å². The van der Waals surface area contributed by atoms with Crippen LogP contribution in [-0.2, 0) is 0 Å². The second-order valence-electron chi connectivity index (χ2n) is 0.781. The number of halogens is 3. The third kappa shape index (κ3) is 34.2. The van der Waals surface area contributed by atoms with Gasteiger partial charge in [-0.2, -0.15) is 0 Å². The van der Waals surface area contributed by atoms with Gasteiger partial charge in [0.25, 0.3) is 0 Å². The summed E-state index contributed by atoms with van der Waals surface area (Å²) in [7, 11) is 0. The fourth-order valence-electron chi connectivity index (χ4n) is 0. The van der Waals surface area contributed by atoms with Gasteiger partial charge in [0.05, 0.1) is 0 Å². The molecule has 0 saturated heterocycles. The zero-order valence-corrected chi connectivity index (χ0v) is 5.90. The van der Waals surface area contributed by atoms with Gasteiger partial charge in [-0.15, -0.1) is 0 Å². The Bertz CT molecular complexity index is 22.4. The molecule has 4 heteroatoms. The molecule has 0 saturated carbocycles. The van der Waals surface area contributed by atoms with E-state index in [1.54, 1.807) is 6.66 Å². The quantitative estimate of drug-likeness (QED) is 0.470. The minimum absolute atomic E-state index is 1.62. The summed E-state index contributed by atoms with van der Waals surface area (Å²) in [6.07, 6.45) is 0. The molecule has 0 aliphatic heterocycles. The molecule has 0 aromatic carbocycles. The van der Waals surface area contributed by atoms with Crippen molar-refractivity contribution in [1.82, 2.24) is 0 Å². The van der Waals surface area contributed by atoms with Gasteiger partial charge in [-0.25, -0.2) is 0 Å². The molecule has 0 nitrogen and oxygen atoms in total. The molecule has 0 radical (unpaired) electrons.